The molecule has 2 rings (SSSR count). The Kier molecular flexibility index (Phi) is 14.0. The maximum atomic E-state index is 13.7. The summed E-state index contributed by atoms with van der Waals surface area (Å²) in [5.41, 5.74) is 8.20. The summed E-state index contributed by atoms with van der Waals surface area (Å²) in [5.74, 6) is -2.14. The second-order valence-corrected chi connectivity index (χ2v) is 9.72. The number of rotatable bonds is 17. The number of halogens is 2. The molecule has 2 aromatic carbocycles. The minimum atomic E-state index is -0.785. The zero-order valence-electron chi connectivity index (χ0n) is 23.6. The van der Waals surface area contributed by atoms with Gasteiger partial charge in [-0.15, -0.1) is 0 Å². The largest absolute Gasteiger partial charge is 0.456 e. The molecule has 0 fully saturated rings. The van der Waals surface area contributed by atoms with E-state index in [1.807, 2.05) is 27.7 Å². The average molecular weight is 548 g/mol. The van der Waals surface area contributed by atoms with E-state index in [0.29, 0.717) is 44.0 Å². The number of nitrogens with two attached hydrogens (primary N) is 1. The molecule has 1 amide bonds. The van der Waals surface area contributed by atoms with E-state index in [4.69, 9.17) is 15.2 Å². The Hall–Kier alpha value is -2.88. The maximum Gasteiger partial charge on any atom is 0.338 e. The second kappa shape index (κ2) is 16.9. The first-order valence-corrected chi connectivity index (χ1v) is 13.8. The lowest BCUT2D eigenvalue weighted by molar-refractivity contribution is 0.0237. The van der Waals surface area contributed by atoms with Crippen LogP contribution in [-0.4, -0.2) is 68.3 Å². The normalized spacial score (nSPS) is 12.7. The number of aryl methyl sites for hydroxylation is 1. The highest BCUT2D eigenvalue weighted by Gasteiger charge is 2.25. The summed E-state index contributed by atoms with van der Waals surface area (Å²) < 4.78 is 38.7. The molecule has 39 heavy (non-hydrogen) atoms. The van der Waals surface area contributed by atoms with Crippen molar-refractivity contribution in [3.63, 3.8) is 0 Å². The lowest BCUT2D eigenvalue weighted by atomic mass is 10.0. The number of carbonyl (C=O) groups excluding carboxylic acids is 2. The molecule has 0 saturated heterocycles. The molecule has 0 aliphatic carbocycles. The Morgan fingerprint density at radius 1 is 0.974 bits per heavy atom. The lowest BCUT2D eigenvalue weighted by Gasteiger charge is -2.25. The maximum absolute atomic E-state index is 13.7. The second-order valence-electron chi connectivity index (χ2n) is 9.72. The average Bonchev–Trinajstić information content (AvgIpc) is 2.88. The Bertz CT molecular complexity index is 1040. The van der Waals surface area contributed by atoms with Gasteiger partial charge in [-0.3, -0.25) is 4.79 Å². The van der Waals surface area contributed by atoms with Crippen LogP contribution in [-0.2, 0) is 15.9 Å². The summed E-state index contributed by atoms with van der Waals surface area (Å²) in [7, 11) is 0. The first kappa shape index (κ1) is 32.3. The van der Waals surface area contributed by atoms with Gasteiger partial charge in [0.2, 0.25) is 0 Å². The zero-order chi connectivity index (χ0) is 28.8. The molecule has 2 aromatic rings. The number of hydrogen-bond donors (Lipinski definition) is 2. The van der Waals surface area contributed by atoms with Gasteiger partial charge in [-0.1, -0.05) is 13.8 Å². The molecule has 0 aliphatic rings. The highest BCUT2D eigenvalue weighted by Crippen LogP contribution is 2.17. The van der Waals surface area contributed by atoms with Crippen LogP contribution in [0.4, 0.5) is 8.78 Å². The Morgan fingerprint density at radius 3 is 2.23 bits per heavy atom. The van der Waals surface area contributed by atoms with Crippen LogP contribution in [0.25, 0.3) is 0 Å². The topological polar surface area (TPSA) is 93.9 Å². The number of esters is 1. The van der Waals surface area contributed by atoms with Crippen molar-refractivity contribution in [1.29, 1.82) is 0 Å². The van der Waals surface area contributed by atoms with E-state index >= 15 is 0 Å². The smallest absolute Gasteiger partial charge is 0.338 e. The highest BCUT2D eigenvalue weighted by molar-refractivity contribution is 5.98. The predicted molar refractivity (Wildman–Crippen MR) is 149 cm³/mol. The summed E-state index contributed by atoms with van der Waals surface area (Å²) in [5, 5.41) is 3.23. The lowest BCUT2D eigenvalue weighted by Crippen LogP contribution is -2.46. The van der Waals surface area contributed by atoms with E-state index < -0.39 is 29.7 Å². The van der Waals surface area contributed by atoms with Gasteiger partial charge in [-0.2, -0.15) is 0 Å². The predicted octanol–water partition coefficient (Wildman–Crippen LogP) is 4.65. The standard InChI is InChI=1S/C30H43F2N3O4/c1-5-10-35(11-6-2)29(36)23-13-21(4)14-24(18-23)30(37)39-28(20-34-9-8-12-38-7-3)27(33)17-22-15-25(31)19-26(32)16-22/h13-16,18-19,27-28,34H,5-12,17,20,33H2,1-4H3/t27-,28+/m0/s1. The van der Waals surface area contributed by atoms with Crippen molar-refractivity contribution < 1.29 is 27.8 Å². The van der Waals surface area contributed by atoms with Crippen LogP contribution in [0.1, 0.15) is 71.9 Å². The third-order valence-electron chi connectivity index (χ3n) is 6.16. The summed E-state index contributed by atoms with van der Waals surface area (Å²) in [6.45, 7) is 11.1. The third-order valence-corrected chi connectivity index (χ3v) is 6.16. The molecule has 0 unspecified atom stereocenters. The molecule has 2 atom stereocenters. The molecular formula is C30H43F2N3O4. The van der Waals surface area contributed by atoms with Gasteiger partial charge < -0.3 is 25.4 Å². The minimum Gasteiger partial charge on any atom is -0.456 e. The Morgan fingerprint density at radius 2 is 1.62 bits per heavy atom. The number of hydrogen-bond acceptors (Lipinski definition) is 6. The SMILES string of the molecule is CCCN(CCC)C(=O)c1cc(C)cc(C(=O)O[C@H](CNCCCOCC)[C@@H](N)Cc2cc(F)cc(F)c2)c1. The molecule has 3 N–H and O–H groups in total. The zero-order valence-corrected chi connectivity index (χ0v) is 23.6. The molecular weight excluding hydrogens is 504 g/mol. The quantitative estimate of drug-likeness (QED) is 0.221. The van der Waals surface area contributed by atoms with Crippen LogP contribution >= 0.6 is 0 Å². The number of nitrogens with zero attached hydrogens (tertiary/aromatic N) is 1. The molecule has 216 valence electrons. The van der Waals surface area contributed by atoms with Crippen LogP contribution in [0.2, 0.25) is 0 Å². The number of carbonyl (C=O) groups is 2. The van der Waals surface area contributed by atoms with Gasteiger partial charge in [0.25, 0.3) is 5.91 Å². The van der Waals surface area contributed by atoms with Gasteiger partial charge in [0.15, 0.2) is 0 Å². The summed E-state index contributed by atoms with van der Waals surface area (Å²) in [4.78, 5) is 28.2. The van der Waals surface area contributed by atoms with Crippen molar-refractivity contribution in [1.82, 2.24) is 10.2 Å². The van der Waals surface area contributed by atoms with Crippen LogP contribution in [0.5, 0.6) is 0 Å². The molecule has 0 spiro atoms. The fourth-order valence-corrected chi connectivity index (χ4v) is 4.37. The fourth-order valence-electron chi connectivity index (χ4n) is 4.37. The number of ether oxygens (including phenoxy) is 2. The van der Waals surface area contributed by atoms with Crippen LogP contribution in [0.3, 0.4) is 0 Å². The number of amides is 1. The van der Waals surface area contributed by atoms with Gasteiger partial charge in [0.05, 0.1) is 5.56 Å². The number of nitrogens with one attached hydrogen (secondary N) is 1. The van der Waals surface area contributed by atoms with Crippen LogP contribution in [0.15, 0.2) is 36.4 Å². The highest BCUT2D eigenvalue weighted by atomic mass is 19.1. The monoisotopic (exact) mass is 547 g/mol. The summed E-state index contributed by atoms with van der Waals surface area (Å²) >= 11 is 0. The van der Waals surface area contributed by atoms with Crippen molar-refractivity contribution in [2.24, 2.45) is 5.73 Å². The first-order chi connectivity index (χ1) is 18.7. The summed E-state index contributed by atoms with van der Waals surface area (Å²) in [6, 6.07) is 7.48. The third kappa shape index (κ3) is 11.0. The van der Waals surface area contributed by atoms with E-state index in [9.17, 15) is 18.4 Å². The minimum absolute atomic E-state index is 0.105. The molecule has 9 heteroatoms. The van der Waals surface area contributed by atoms with E-state index in [-0.39, 0.29) is 24.4 Å². The molecule has 0 bridgehead atoms. The summed E-state index contributed by atoms with van der Waals surface area (Å²) in [6.07, 6.45) is 1.74. The number of benzene rings is 2. The molecule has 0 aliphatic heterocycles. The van der Waals surface area contributed by atoms with E-state index in [1.165, 1.54) is 12.1 Å². The van der Waals surface area contributed by atoms with Crippen molar-refractivity contribution in [2.45, 2.75) is 65.5 Å². The van der Waals surface area contributed by atoms with Crippen LogP contribution < -0.4 is 11.1 Å². The van der Waals surface area contributed by atoms with Gasteiger partial charge in [-0.05, 0) is 87.5 Å². The molecule has 0 heterocycles. The van der Waals surface area contributed by atoms with E-state index in [2.05, 4.69) is 5.32 Å². The van der Waals surface area contributed by atoms with Crippen molar-refractivity contribution >= 4 is 11.9 Å². The fraction of sp³-hybridized carbons (Fsp3) is 0.533. The van der Waals surface area contributed by atoms with Gasteiger partial charge in [0, 0.05) is 50.5 Å². The van der Waals surface area contributed by atoms with Gasteiger partial charge in [0.1, 0.15) is 17.7 Å². The van der Waals surface area contributed by atoms with Crippen molar-refractivity contribution in [3.8, 4) is 0 Å². The van der Waals surface area contributed by atoms with Crippen LogP contribution in [0, 0.1) is 18.6 Å². The van der Waals surface area contributed by atoms with E-state index in [1.54, 1.807) is 23.1 Å². The van der Waals surface area contributed by atoms with Gasteiger partial charge in [-0.25, -0.2) is 13.6 Å². The van der Waals surface area contributed by atoms with Crippen molar-refractivity contribution in [3.05, 3.63) is 70.3 Å². The molecule has 0 radical (unpaired) electrons. The van der Waals surface area contributed by atoms with Crippen molar-refractivity contribution in [2.75, 3.05) is 39.4 Å². The van der Waals surface area contributed by atoms with E-state index in [0.717, 1.165) is 30.9 Å². The molecule has 0 aromatic heterocycles. The Labute approximate surface area is 231 Å². The molecule has 7 nitrogen and oxygen atoms in total. The Balaban J connectivity index is 2.21. The molecule has 0 saturated carbocycles. The first-order valence-electron chi connectivity index (χ1n) is 13.8. The van der Waals surface area contributed by atoms with Gasteiger partial charge >= 0.3 is 5.97 Å².